The number of aromatic nitrogens is 3. The van der Waals surface area contributed by atoms with Crippen LogP contribution >= 0.6 is 38.9 Å². The Bertz CT molecular complexity index is 963. The third-order valence-electron chi connectivity index (χ3n) is 3.95. The predicted molar refractivity (Wildman–Crippen MR) is 88.7 cm³/mol. The van der Waals surface area contributed by atoms with Gasteiger partial charge < -0.3 is 0 Å². The van der Waals surface area contributed by atoms with Crippen LogP contribution in [0, 0.1) is 6.92 Å². The fourth-order valence-electron chi connectivity index (χ4n) is 2.92. The van der Waals surface area contributed by atoms with Crippen LogP contribution in [0.15, 0.2) is 9.27 Å². The van der Waals surface area contributed by atoms with Gasteiger partial charge in [-0.1, -0.05) is 0 Å². The summed E-state index contributed by atoms with van der Waals surface area (Å²) in [5.41, 5.74) is 2.34. The van der Waals surface area contributed by atoms with Crippen molar-refractivity contribution in [3.05, 3.63) is 36.2 Å². The van der Waals surface area contributed by atoms with Crippen LogP contribution in [-0.4, -0.2) is 14.4 Å². The summed E-state index contributed by atoms with van der Waals surface area (Å²) in [4.78, 5) is 23.9. The second-order valence-electron chi connectivity index (χ2n) is 5.25. The van der Waals surface area contributed by atoms with Crippen molar-refractivity contribution >= 4 is 54.7 Å². The van der Waals surface area contributed by atoms with Gasteiger partial charge in [0.15, 0.2) is 5.65 Å². The molecule has 0 atom stereocenters. The minimum Gasteiger partial charge on any atom is -0.268 e. The lowest BCUT2D eigenvalue weighted by Gasteiger charge is -2.10. The summed E-state index contributed by atoms with van der Waals surface area (Å²) in [6.45, 7) is 1.84. The minimum absolute atomic E-state index is 0.104. The van der Waals surface area contributed by atoms with Gasteiger partial charge in [-0.25, -0.2) is 14.4 Å². The summed E-state index contributed by atoms with van der Waals surface area (Å²) >= 11 is 11.3. The van der Waals surface area contributed by atoms with Gasteiger partial charge in [0.2, 0.25) is 5.28 Å². The minimum atomic E-state index is -0.104. The van der Waals surface area contributed by atoms with E-state index in [1.165, 1.54) is 21.3 Å². The monoisotopic (exact) mass is 383 g/mol. The standard InChI is InChI=1S/C14H11BrClN3OS/c1-6-10(15)11-18-12-9(13(20)19(11)14(16)17-6)7-4-2-3-5-8(7)21-12/h2-5H2,1H3. The molecule has 4 nitrogen and oxygen atoms in total. The van der Waals surface area contributed by atoms with Crippen molar-refractivity contribution in [3.63, 3.8) is 0 Å². The molecule has 0 unspecified atom stereocenters. The molecule has 0 aromatic carbocycles. The molecule has 0 fully saturated rings. The van der Waals surface area contributed by atoms with Gasteiger partial charge in [-0.05, 0) is 65.7 Å². The number of hydrogen-bond donors (Lipinski definition) is 0. The van der Waals surface area contributed by atoms with Crippen LogP contribution in [0.3, 0.4) is 0 Å². The van der Waals surface area contributed by atoms with Crippen molar-refractivity contribution in [2.75, 3.05) is 0 Å². The van der Waals surface area contributed by atoms with Crippen LogP contribution < -0.4 is 5.56 Å². The highest BCUT2D eigenvalue weighted by molar-refractivity contribution is 9.10. The average molecular weight is 385 g/mol. The van der Waals surface area contributed by atoms with E-state index in [0.717, 1.165) is 39.6 Å². The summed E-state index contributed by atoms with van der Waals surface area (Å²) < 4.78 is 2.13. The van der Waals surface area contributed by atoms with E-state index in [9.17, 15) is 4.79 Å². The van der Waals surface area contributed by atoms with Gasteiger partial charge in [0.1, 0.15) is 4.83 Å². The number of rotatable bonds is 0. The molecular weight excluding hydrogens is 374 g/mol. The Morgan fingerprint density at radius 1 is 1.29 bits per heavy atom. The van der Waals surface area contributed by atoms with Crippen LogP contribution in [0.25, 0.3) is 15.9 Å². The maximum absolute atomic E-state index is 12.9. The van der Waals surface area contributed by atoms with Crippen LogP contribution in [0.1, 0.15) is 29.0 Å². The van der Waals surface area contributed by atoms with E-state index in [4.69, 9.17) is 11.6 Å². The van der Waals surface area contributed by atoms with Gasteiger partial charge in [0.05, 0.1) is 15.6 Å². The molecule has 108 valence electrons. The maximum Gasteiger partial charge on any atom is 0.269 e. The highest BCUT2D eigenvalue weighted by atomic mass is 79.9. The fourth-order valence-corrected chi connectivity index (χ4v) is 4.81. The van der Waals surface area contributed by atoms with Crippen molar-refractivity contribution in [3.8, 4) is 0 Å². The summed E-state index contributed by atoms with van der Waals surface area (Å²) in [5.74, 6) is 0. The SMILES string of the molecule is Cc1nc(Cl)n2c(=O)c3c4c(sc3nc2c1Br)CCCC4. The van der Waals surface area contributed by atoms with E-state index in [1.54, 1.807) is 11.3 Å². The average Bonchev–Trinajstić information content (AvgIpc) is 2.83. The molecular formula is C14H11BrClN3OS. The van der Waals surface area contributed by atoms with Crippen molar-refractivity contribution in [1.29, 1.82) is 0 Å². The van der Waals surface area contributed by atoms with E-state index in [1.807, 2.05) is 6.92 Å². The number of fused-ring (bicyclic) bond motifs is 4. The first-order valence-corrected chi connectivity index (χ1v) is 8.75. The summed E-state index contributed by atoms with van der Waals surface area (Å²) in [5, 5.41) is 0.896. The first-order valence-electron chi connectivity index (χ1n) is 6.76. The lowest BCUT2D eigenvalue weighted by Crippen LogP contribution is -2.18. The molecule has 0 saturated heterocycles. The highest BCUT2D eigenvalue weighted by Gasteiger charge is 2.22. The summed E-state index contributed by atoms with van der Waals surface area (Å²) in [6, 6.07) is 0. The van der Waals surface area contributed by atoms with Crippen LogP contribution in [0.5, 0.6) is 0 Å². The molecule has 7 heteroatoms. The highest BCUT2D eigenvalue weighted by Crippen LogP contribution is 2.35. The molecule has 0 amide bonds. The van der Waals surface area contributed by atoms with E-state index in [0.29, 0.717) is 5.65 Å². The Labute approximate surface area is 137 Å². The van der Waals surface area contributed by atoms with E-state index >= 15 is 0 Å². The Hall–Kier alpha value is -0.980. The zero-order chi connectivity index (χ0) is 14.7. The normalized spacial score (nSPS) is 14.8. The van der Waals surface area contributed by atoms with Gasteiger partial charge >= 0.3 is 0 Å². The quantitative estimate of drug-likeness (QED) is 0.552. The van der Waals surface area contributed by atoms with Crippen LogP contribution in [0.2, 0.25) is 5.28 Å². The number of nitrogens with zero attached hydrogens (tertiary/aromatic N) is 3. The Balaban J connectivity index is 2.25. The van der Waals surface area contributed by atoms with Gasteiger partial charge in [-0.2, -0.15) is 0 Å². The maximum atomic E-state index is 12.9. The van der Waals surface area contributed by atoms with Crippen molar-refractivity contribution in [2.45, 2.75) is 32.6 Å². The Kier molecular flexibility index (Phi) is 3.10. The molecule has 21 heavy (non-hydrogen) atoms. The number of hydrogen-bond acceptors (Lipinski definition) is 4. The third kappa shape index (κ3) is 1.89. The van der Waals surface area contributed by atoms with Crippen molar-refractivity contribution < 1.29 is 0 Å². The molecule has 0 radical (unpaired) electrons. The lowest BCUT2D eigenvalue weighted by molar-refractivity contribution is 0.700. The number of halogens is 2. The zero-order valence-electron chi connectivity index (χ0n) is 11.2. The molecule has 3 aromatic heterocycles. The molecule has 3 heterocycles. The predicted octanol–water partition coefficient (Wildman–Crippen LogP) is 3.91. The van der Waals surface area contributed by atoms with E-state index in [-0.39, 0.29) is 10.8 Å². The largest absolute Gasteiger partial charge is 0.269 e. The molecule has 1 aliphatic rings. The van der Waals surface area contributed by atoms with Crippen LogP contribution in [-0.2, 0) is 12.8 Å². The van der Waals surface area contributed by atoms with Gasteiger partial charge in [0.25, 0.3) is 5.56 Å². The smallest absolute Gasteiger partial charge is 0.268 e. The Morgan fingerprint density at radius 2 is 2.05 bits per heavy atom. The van der Waals surface area contributed by atoms with E-state index in [2.05, 4.69) is 25.9 Å². The fraction of sp³-hybridized carbons (Fsp3) is 0.357. The number of thiophene rings is 1. The van der Waals surface area contributed by atoms with Gasteiger partial charge in [-0.15, -0.1) is 11.3 Å². The molecule has 0 spiro atoms. The summed E-state index contributed by atoms with van der Waals surface area (Å²) in [7, 11) is 0. The first kappa shape index (κ1) is 13.7. The molecule has 1 aliphatic carbocycles. The van der Waals surface area contributed by atoms with Gasteiger partial charge in [-0.3, -0.25) is 4.79 Å². The molecule has 4 rings (SSSR count). The number of aryl methyl sites for hydroxylation is 3. The van der Waals surface area contributed by atoms with E-state index < -0.39 is 0 Å². The molecule has 0 aliphatic heterocycles. The Morgan fingerprint density at radius 3 is 2.86 bits per heavy atom. The van der Waals surface area contributed by atoms with Gasteiger partial charge in [0, 0.05) is 4.88 Å². The summed E-state index contributed by atoms with van der Waals surface area (Å²) in [6.07, 6.45) is 4.32. The van der Waals surface area contributed by atoms with Crippen LogP contribution in [0.4, 0.5) is 0 Å². The molecule has 0 N–H and O–H groups in total. The molecule has 3 aromatic rings. The van der Waals surface area contributed by atoms with Crippen molar-refractivity contribution in [2.24, 2.45) is 0 Å². The lowest BCUT2D eigenvalue weighted by atomic mass is 9.97. The first-order chi connectivity index (χ1) is 10.1. The molecule has 0 saturated carbocycles. The third-order valence-corrected chi connectivity index (χ3v) is 6.32. The van der Waals surface area contributed by atoms with Crippen molar-refractivity contribution in [1.82, 2.24) is 14.4 Å². The topological polar surface area (TPSA) is 47.3 Å². The zero-order valence-corrected chi connectivity index (χ0v) is 14.4. The molecule has 0 bridgehead atoms. The second kappa shape index (κ2) is 4.76. The second-order valence-corrected chi connectivity index (χ2v) is 7.46.